The molecule has 4 nitrogen and oxygen atoms in total. The third-order valence-corrected chi connectivity index (χ3v) is 2.43. The van der Waals surface area contributed by atoms with Crippen molar-refractivity contribution in [3.63, 3.8) is 0 Å². The molecule has 1 N–H and O–H groups in total. The summed E-state index contributed by atoms with van der Waals surface area (Å²) in [5.41, 5.74) is 0.753. The van der Waals surface area contributed by atoms with Gasteiger partial charge in [-0.15, -0.1) is 0 Å². The summed E-state index contributed by atoms with van der Waals surface area (Å²) in [5.74, 6) is 0.567. The largest absolute Gasteiger partial charge is 0.495 e. The van der Waals surface area contributed by atoms with E-state index >= 15 is 0 Å². The molecule has 0 amide bonds. The maximum atomic E-state index is 11.5. The number of hydrogen-bond acceptors (Lipinski definition) is 3. The van der Waals surface area contributed by atoms with Crippen molar-refractivity contribution in [2.24, 2.45) is 0 Å². The van der Waals surface area contributed by atoms with Crippen LogP contribution in [-0.2, 0) is 0 Å². The van der Waals surface area contributed by atoms with Crippen LogP contribution in [0.1, 0.15) is 0 Å². The number of halogens is 1. The van der Waals surface area contributed by atoms with Crippen molar-refractivity contribution in [1.82, 2.24) is 9.97 Å². The Labute approximate surface area is 96.9 Å². The molecule has 1 aromatic heterocycles. The molecule has 5 heteroatoms. The first-order chi connectivity index (χ1) is 7.72. The van der Waals surface area contributed by atoms with E-state index in [1.807, 2.05) is 0 Å². The van der Waals surface area contributed by atoms with Gasteiger partial charge in [0.1, 0.15) is 11.4 Å². The Morgan fingerprint density at radius 3 is 2.88 bits per heavy atom. The summed E-state index contributed by atoms with van der Waals surface area (Å²) in [7, 11) is 1.54. The van der Waals surface area contributed by atoms with Crippen LogP contribution in [0.2, 0.25) is 5.02 Å². The number of nitrogens with zero attached hydrogens (tertiary/aromatic N) is 1. The van der Waals surface area contributed by atoms with Gasteiger partial charge in [0.05, 0.1) is 12.1 Å². The summed E-state index contributed by atoms with van der Waals surface area (Å²) in [4.78, 5) is 18.0. The first-order valence-corrected chi connectivity index (χ1v) is 4.98. The third-order valence-electron chi connectivity index (χ3n) is 2.13. The van der Waals surface area contributed by atoms with E-state index in [1.54, 1.807) is 18.2 Å². The summed E-state index contributed by atoms with van der Waals surface area (Å²) in [5, 5.41) is 0.449. The number of H-pyrrole nitrogens is 1. The van der Waals surface area contributed by atoms with Crippen molar-refractivity contribution in [3.8, 4) is 17.0 Å². The fourth-order valence-electron chi connectivity index (χ4n) is 1.37. The van der Waals surface area contributed by atoms with Gasteiger partial charge in [-0.2, -0.15) is 0 Å². The smallest absolute Gasteiger partial charge is 0.274 e. The Balaban J connectivity index is 2.54. The maximum Gasteiger partial charge on any atom is 0.274 e. The SMILES string of the molecule is COc1ccc(-c2ncc[nH]c2=O)cc1Cl. The van der Waals surface area contributed by atoms with Gasteiger partial charge in [0.2, 0.25) is 0 Å². The van der Waals surface area contributed by atoms with E-state index in [-0.39, 0.29) is 5.56 Å². The van der Waals surface area contributed by atoms with E-state index in [0.29, 0.717) is 22.0 Å². The zero-order valence-electron chi connectivity index (χ0n) is 8.53. The topological polar surface area (TPSA) is 55.0 Å². The molecule has 0 atom stereocenters. The summed E-state index contributed by atoms with van der Waals surface area (Å²) in [6.07, 6.45) is 3.01. The van der Waals surface area contributed by atoms with Crippen LogP contribution in [0.15, 0.2) is 35.4 Å². The molecule has 0 saturated carbocycles. The van der Waals surface area contributed by atoms with Gasteiger partial charge in [0, 0.05) is 18.0 Å². The third kappa shape index (κ3) is 1.92. The Morgan fingerprint density at radius 1 is 1.44 bits per heavy atom. The van der Waals surface area contributed by atoms with Crippen LogP contribution in [0.4, 0.5) is 0 Å². The minimum Gasteiger partial charge on any atom is -0.495 e. The molecule has 0 aliphatic rings. The van der Waals surface area contributed by atoms with Gasteiger partial charge >= 0.3 is 0 Å². The van der Waals surface area contributed by atoms with Crippen molar-refractivity contribution in [3.05, 3.63) is 46.0 Å². The molecule has 0 aliphatic heterocycles. The second-order valence-electron chi connectivity index (χ2n) is 3.12. The second kappa shape index (κ2) is 4.37. The van der Waals surface area contributed by atoms with Gasteiger partial charge in [0.15, 0.2) is 0 Å². The van der Waals surface area contributed by atoms with E-state index in [0.717, 1.165) is 0 Å². The van der Waals surface area contributed by atoms with Crippen molar-refractivity contribution in [2.75, 3.05) is 7.11 Å². The van der Waals surface area contributed by atoms with Crippen molar-refractivity contribution in [2.45, 2.75) is 0 Å². The van der Waals surface area contributed by atoms with Crippen LogP contribution in [-0.4, -0.2) is 17.1 Å². The predicted molar refractivity (Wildman–Crippen MR) is 61.9 cm³/mol. The molecular formula is C11H9ClN2O2. The summed E-state index contributed by atoms with van der Waals surface area (Å²) >= 11 is 5.97. The van der Waals surface area contributed by atoms with E-state index in [4.69, 9.17) is 16.3 Å². The van der Waals surface area contributed by atoms with E-state index < -0.39 is 0 Å². The Morgan fingerprint density at radius 2 is 2.25 bits per heavy atom. The van der Waals surface area contributed by atoms with Crippen LogP contribution in [0.3, 0.4) is 0 Å². The molecule has 82 valence electrons. The van der Waals surface area contributed by atoms with Crippen molar-refractivity contribution >= 4 is 11.6 Å². The van der Waals surface area contributed by atoms with Crippen LogP contribution < -0.4 is 10.3 Å². The standard InChI is InChI=1S/C11H9ClN2O2/c1-16-9-3-2-7(6-8(9)12)10-11(15)14-5-4-13-10/h2-6H,1H3,(H,14,15). The lowest BCUT2D eigenvalue weighted by Gasteiger charge is -2.04. The Bertz CT molecular complexity index is 566. The molecule has 0 unspecified atom stereocenters. The van der Waals surface area contributed by atoms with Crippen LogP contribution in [0.25, 0.3) is 11.3 Å². The van der Waals surface area contributed by atoms with Crippen LogP contribution in [0.5, 0.6) is 5.75 Å². The zero-order chi connectivity index (χ0) is 11.5. The minimum absolute atomic E-state index is 0.247. The highest BCUT2D eigenvalue weighted by molar-refractivity contribution is 6.32. The number of benzene rings is 1. The van der Waals surface area contributed by atoms with Gasteiger partial charge in [-0.05, 0) is 18.2 Å². The quantitative estimate of drug-likeness (QED) is 0.869. The molecule has 0 saturated heterocycles. The molecule has 0 bridgehead atoms. The average molecular weight is 237 g/mol. The summed E-state index contributed by atoms with van der Waals surface area (Å²) in [6, 6.07) is 5.09. The number of aromatic amines is 1. The van der Waals surface area contributed by atoms with E-state index in [1.165, 1.54) is 19.5 Å². The predicted octanol–water partition coefficient (Wildman–Crippen LogP) is 2.10. The molecule has 1 aromatic carbocycles. The van der Waals surface area contributed by atoms with Crippen LogP contribution >= 0.6 is 11.6 Å². The molecule has 2 rings (SSSR count). The average Bonchev–Trinajstić information content (AvgIpc) is 2.29. The highest BCUT2D eigenvalue weighted by Gasteiger charge is 2.07. The van der Waals surface area contributed by atoms with Gasteiger partial charge in [-0.3, -0.25) is 4.79 Å². The van der Waals surface area contributed by atoms with Gasteiger partial charge in [0.25, 0.3) is 5.56 Å². The number of rotatable bonds is 2. The number of nitrogens with one attached hydrogen (secondary N) is 1. The Kier molecular flexibility index (Phi) is 2.92. The highest BCUT2D eigenvalue weighted by Crippen LogP contribution is 2.27. The molecule has 2 aromatic rings. The molecule has 0 aliphatic carbocycles. The lowest BCUT2D eigenvalue weighted by atomic mass is 10.1. The fraction of sp³-hybridized carbons (Fsp3) is 0.0909. The Hall–Kier alpha value is -1.81. The summed E-state index contributed by atoms with van der Waals surface area (Å²) < 4.78 is 5.03. The summed E-state index contributed by atoms with van der Waals surface area (Å²) in [6.45, 7) is 0. The lowest BCUT2D eigenvalue weighted by molar-refractivity contribution is 0.415. The number of hydrogen-bond donors (Lipinski definition) is 1. The minimum atomic E-state index is -0.247. The molecule has 0 fully saturated rings. The second-order valence-corrected chi connectivity index (χ2v) is 3.52. The first kappa shape index (κ1) is 10.7. The van der Waals surface area contributed by atoms with Gasteiger partial charge < -0.3 is 9.72 Å². The fourth-order valence-corrected chi connectivity index (χ4v) is 1.63. The monoisotopic (exact) mass is 236 g/mol. The lowest BCUT2D eigenvalue weighted by Crippen LogP contribution is -2.09. The van der Waals surface area contributed by atoms with E-state index in [9.17, 15) is 4.79 Å². The highest BCUT2D eigenvalue weighted by atomic mass is 35.5. The maximum absolute atomic E-state index is 11.5. The van der Waals surface area contributed by atoms with Crippen molar-refractivity contribution < 1.29 is 4.74 Å². The first-order valence-electron chi connectivity index (χ1n) is 4.60. The molecule has 0 radical (unpaired) electrons. The molecule has 1 heterocycles. The zero-order valence-corrected chi connectivity index (χ0v) is 9.28. The number of ether oxygens (including phenoxy) is 1. The normalized spacial score (nSPS) is 10.1. The van der Waals surface area contributed by atoms with Gasteiger partial charge in [-0.25, -0.2) is 4.98 Å². The van der Waals surface area contributed by atoms with Crippen LogP contribution in [0, 0.1) is 0 Å². The van der Waals surface area contributed by atoms with E-state index in [2.05, 4.69) is 9.97 Å². The number of aromatic nitrogens is 2. The van der Waals surface area contributed by atoms with Gasteiger partial charge in [-0.1, -0.05) is 11.6 Å². The number of methoxy groups -OCH3 is 1. The van der Waals surface area contributed by atoms with Crippen molar-refractivity contribution in [1.29, 1.82) is 0 Å². The molecule has 16 heavy (non-hydrogen) atoms. The molecular weight excluding hydrogens is 228 g/mol. The molecule has 0 spiro atoms.